The second kappa shape index (κ2) is 7.12. The molecule has 25 heavy (non-hydrogen) atoms. The summed E-state index contributed by atoms with van der Waals surface area (Å²) < 4.78 is 17.7. The molecule has 0 saturated carbocycles. The van der Waals surface area contributed by atoms with Crippen LogP contribution in [0.5, 0.6) is 0 Å². The van der Waals surface area contributed by atoms with Crippen LogP contribution in [0, 0.1) is 5.82 Å². The van der Waals surface area contributed by atoms with Gasteiger partial charge in [-0.05, 0) is 29.8 Å². The number of amides is 1. The zero-order chi connectivity index (χ0) is 17.8. The molecule has 0 saturated heterocycles. The molecule has 3 rings (SSSR count). The SMILES string of the molecule is COC(=O)c1ccccc1NC(=O)[C@H]1CC(c2ccc(F)cc2)=NO1. The number of hydrogen-bond acceptors (Lipinski definition) is 5. The van der Waals surface area contributed by atoms with Crippen LogP contribution in [0.15, 0.2) is 53.7 Å². The van der Waals surface area contributed by atoms with E-state index in [0.717, 1.165) is 0 Å². The summed E-state index contributed by atoms with van der Waals surface area (Å²) >= 11 is 0. The Morgan fingerprint density at radius 1 is 1.20 bits per heavy atom. The second-order valence-electron chi connectivity index (χ2n) is 5.37. The van der Waals surface area contributed by atoms with Gasteiger partial charge in [0.05, 0.1) is 24.1 Å². The van der Waals surface area contributed by atoms with E-state index in [1.54, 1.807) is 36.4 Å². The van der Waals surface area contributed by atoms with Crippen LogP contribution < -0.4 is 5.32 Å². The summed E-state index contributed by atoms with van der Waals surface area (Å²) in [6.07, 6.45) is -0.580. The molecule has 1 aliphatic rings. The number of esters is 1. The van der Waals surface area contributed by atoms with Crippen LogP contribution in [-0.4, -0.2) is 30.8 Å². The molecule has 0 spiro atoms. The number of hydrogen-bond donors (Lipinski definition) is 1. The quantitative estimate of drug-likeness (QED) is 0.867. The van der Waals surface area contributed by atoms with Crippen molar-refractivity contribution in [1.82, 2.24) is 0 Å². The molecule has 0 fully saturated rings. The van der Waals surface area contributed by atoms with E-state index in [2.05, 4.69) is 10.5 Å². The maximum Gasteiger partial charge on any atom is 0.339 e. The number of nitrogens with one attached hydrogen (secondary N) is 1. The lowest BCUT2D eigenvalue weighted by atomic mass is 10.0. The van der Waals surface area contributed by atoms with Gasteiger partial charge in [-0.1, -0.05) is 29.4 Å². The minimum Gasteiger partial charge on any atom is -0.465 e. The number of carbonyl (C=O) groups is 2. The van der Waals surface area contributed by atoms with Gasteiger partial charge in [-0.15, -0.1) is 0 Å². The van der Waals surface area contributed by atoms with Gasteiger partial charge in [0.25, 0.3) is 5.91 Å². The number of oxime groups is 1. The van der Waals surface area contributed by atoms with Gasteiger partial charge in [0.2, 0.25) is 6.10 Å². The Kier molecular flexibility index (Phi) is 4.74. The van der Waals surface area contributed by atoms with E-state index in [9.17, 15) is 14.0 Å². The molecule has 6 nitrogen and oxygen atoms in total. The largest absolute Gasteiger partial charge is 0.465 e. The van der Waals surface area contributed by atoms with Gasteiger partial charge in [0.1, 0.15) is 5.82 Å². The van der Waals surface area contributed by atoms with Gasteiger partial charge in [0, 0.05) is 6.42 Å². The number of methoxy groups -OCH3 is 1. The summed E-state index contributed by atoms with van der Waals surface area (Å²) in [5.74, 6) is -1.33. The average molecular weight is 342 g/mol. The number of benzene rings is 2. The van der Waals surface area contributed by atoms with Crippen LogP contribution in [0.4, 0.5) is 10.1 Å². The molecule has 128 valence electrons. The number of nitrogens with zero attached hydrogens (tertiary/aromatic N) is 1. The molecule has 1 amide bonds. The van der Waals surface area contributed by atoms with Gasteiger partial charge in [0.15, 0.2) is 0 Å². The molecule has 0 bridgehead atoms. The summed E-state index contributed by atoms with van der Waals surface area (Å²) in [5, 5.41) is 6.55. The van der Waals surface area contributed by atoms with E-state index in [1.165, 1.54) is 19.2 Å². The van der Waals surface area contributed by atoms with Gasteiger partial charge in [-0.3, -0.25) is 4.79 Å². The third-order valence-electron chi connectivity index (χ3n) is 3.73. The average Bonchev–Trinajstić information content (AvgIpc) is 3.12. The Morgan fingerprint density at radius 3 is 2.64 bits per heavy atom. The molecule has 1 N–H and O–H groups in total. The zero-order valence-corrected chi connectivity index (χ0v) is 13.4. The van der Waals surface area contributed by atoms with Gasteiger partial charge < -0.3 is 14.9 Å². The van der Waals surface area contributed by atoms with Crippen molar-refractivity contribution in [2.75, 3.05) is 12.4 Å². The third kappa shape index (κ3) is 3.65. The number of halogens is 1. The van der Waals surface area contributed by atoms with Crippen molar-refractivity contribution in [3.05, 3.63) is 65.5 Å². The van der Waals surface area contributed by atoms with Crippen molar-refractivity contribution in [1.29, 1.82) is 0 Å². The fourth-order valence-corrected chi connectivity index (χ4v) is 2.42. The highest BCUT2D eigenvalue weighted by molar-refractivity contribution is 6.07. The predicted octanol–water partition coefficient (Wildman–Crippen LogP) is 2.74. The lowest BCUT2D eigenvalue weighted by Gasteiger charge is -2.12. The molecule has 0 aliphatic carbocycles. The van der Waals surface area contributed by atoms with Gasteiger partial charge in [-0.2, -0.15) is 0 Å². The van der Waals surface area contributed by atoms with Crippen LogP contribution in [-0.2, 0) is 14.4 Å². The van der Waals surface area contributed by atoms with Crippen LogP contribution in [0.2, 0.25) is 0 Å². The Balaban J connectivity index is 1.68. The molecule has 2 aromatic carbocycles. The molecule has 2 aromatic rings. The second-order valence-corrected chi connectivity index (χ2v) is 5.37. The lowest BCUT2D eigenvalue weighted by Crippen LogP contribution is -2.28. The number of ether oxygens (including phenoxy) is 1. The summed E-state index contributed by atoms with van der Waals surface area (Å²) in [6.45, 7) is 0. The minimum atomic E-state index is -0.828. The highest BCUT2D eigenvalue weighted by Gasteiger charge is 2.29. The molecule has 1 atom stereocenters. The first kappa shape index (κ1) is 16.6. The van der Waals surface area contributed by atoms with Crippen LogP contribution in [0.1, 0.15) is 22.3 Å². The standard InChI is InChI=1S/C18H15FN2O4/c1-24-18(23)13-4-2-3-5-14(13)20-17(22)16-10-15(21-25-16)11-6-8-12(19)9-7-11/h2-9,16H,10H2,1H3,(H,20,22)/t16-/m1/s1. The van der Waals surface area contributed by atoms with Gasteiger partial charge >= 0.3 is 5.97 Å². The smallest absolute Gasteiger partial charge is 0.339 e. The van der Waals surface area contributed by atoms with E-state index >= 15 is 0 Å². The lowest BCUT2D eigenvalue weighted by molar-refractivity contribution is -0.125. The monoisotopic (exact) mass is 342 g/mol. The van der Waals surface area contributed by atoms with Gasteiger partial charge in [-0.25, -0.2) is 9.18 Å². The molecule has 0 unspecified atom stereocenters. The highest BCUT2D eigenvalue weighted by atomic mass is 19.1. The molecule has 0 radical (unpaired) electrons. The number of anilines is 1. The molecule has 1 heterocycles. The summed E-state index contributed by atoms with van der Waals surface area (Å²) in [7, 11) is 1.27. The normalized spacial score (nSPS) is 15.9. The van der Waals surface area contributed by atoms with Crippen LogP contribution in [0.3, 0.4) is 0 Å². The fourth-order valence-electron chi connectivity index (χ4n) is 2.42. The van der Waals surface area contributed by atoms with E-state index in [4.69, 9.17) is 9.57 Å². The first-order chi connectivity index (χ1) is 12.1. The Labute approximate surface area is 143 Å². The zero-order valence-electron chi connectivity index (χ0n) is 13.4. The van der Waals surface area contributed by atoms with Crippen molar-refractivity contribution in [2.24, 2.45) is 5.16 Å². The molecular weight excluding hydrogens is 327 g/mol. The van der Waals surface area contributed by atoms with Crippen molar-refractivity contribution in [3.8, 4) is 0 Å². The topological polar surface area (TPSA) is 77.0 Å². The summed E-state index contributed by atoms with van der Waals surface area (Å²) in [6, 6.07) is 12.3. The van der Waals surface area contributed by atoms with Crippen LogP contribution in [0.25, 0.3) is 0 Å². The first-order valence-corrected chi connectivity index (χ1v) is 7.55. The third-order valence-corrected chi connectivity index (χ3v) is 3.73. The van der Waals surface area contributed by atoms with Crippen molar-refractivity contribution >= 4 is 23.3 Å². The Bertz CT molecular complexity index is 833. The molecule has 1 aliphatic heterocycles. The maximum atomic E-state index is 13.0. The summed E-state index contributed by atoms with van der Waals surface area (Å²) in [4.78, 5) is 29.3. The number of rotatable bonds is 4. The van der Waals surface area contributed by atoms with E-state index in [0.29, 0.717) is 17.0 Å². The number of carbonyl (C=O) groups excluding carboxylic acids is 2. The van der Waals surface area contributed by atoms with E-state index < -0.39 is 18.0 Å². The molecular formula is C18H15FN2O4. The van der Waals surface area contributed by atoms with Crippen molar-refractivity contribution < 1.29 is 23.6 Å². The molecule has 0 aromatic heterocycles. The Morgan fingerprint density at radius 2 is 1.92 bits per heavy atom. The van der Waals surface area contributed by atoms with Crippen molar-refractivity contribution in [2.45, 2.75) is 12.5 Å². The minimum absolute atomic E-state index is 0.246. The fraction of sp³-hybridized carbons (Fsp3) is 0.167. The van der Waals surface area contributed by atoms with E-state index in [1.807, 2.05) is 0 Å². The summed E-state index contributed by atoms with van der Waals surface area (Å²) in [5.41, 5.74) is 1.82. The predicted molar refractivity (Wildman–Crippen MR) is 88.8 cm³/mol. The number of para-hydroxylation sites is 1. The maximum absolute atomic E-state index is 13.0. The van der Waals surface area contributed by atoms with E-state index in [-0.39, 0.29) is 17.8 Å². The van der Waals surface area contributed by atoms with Crippen LogP contribution >= 0.6 is 0 Å². The first-order valence-electron chi connectivity index (χ1n) is 7.55. The highest BCUT2D eigenvalue weighted by Crippen LogP contribution is 2.21. The Hall–Kier alpha value is -3.22. The van der Waals surface area contributed by atoms with Crippen molar-refractivity contribution in [3.63, 3.8) is 0 Å². The molecule has 7 heteroatoms.